The number of nitrogens with one attached hydrogen (secondary N) is 1. The standard InChI is InChI=1S/C14H10ClN4S/c1-9-4-2-3-5-11(9)18-14-16-6-10(15)13(19-14)12-7-20-8-17-12/h2-7H,1H3,(H,16,18,19)/q+1. The van der Waals surface area contributed by atoms with Gasteiger partial charge in [-0.2, -0.15) is 0 Å². The average Bonchev–Trinajstić information content (AvgIpc) is 2.97. The third-order valence-electron chi connectivity index (χ3n) is 2.77. The minimum atomic E-state index is 0.472. The van der Waals surface area contributed by atoms with Gasteiger partial charge in [0.25, 0.3) is 0 Å². The summed E-state index contributed by atoms with van der Waals surface area (Å²) in [5.74, 6) is 0.492. The number of aromatic nitrogens is 3. The van der Waals surface area contributed by atoms with Crippen molar-refractivity contribution >= 4 is 34.6 Å². The number of halogens is 1. The van der Waals surface area contributed by atoms with Crippen molar-refractivity contribution in [2.24, 2.45) is 0 Å². The highest BCUT2D eigenvalue weighted by atomic mass is 35.5. The highest BCUT2D eigenvalue weighted by molar-refractivity contribution is 7.06. The average molecular weight is 302 g/mol. The summed E-state index contributed by atoms with van der Waals surface area (Å²) in [7, 11) is 0. The SMILES string of the molecule is Cc1ccccc1Nc1ncc(Cl)c(-c2csc#[n+]2)n1. The summed E-state index contributed by atoms with van der Waals surface area (Å²) >= 11 is 7.50. The molecule has 0 spiro atoms. The molecule has 6 heteroatoms. The quantitative estimate of drug-likeness (QED) is 0.806. The van der Waals surface area contributed by atoms with E-state index < -0.39 is 0 Å². The molecular weight excluding hydrogens is 292 g/mol. The van der Waals surface area contributed by atoms with Gasteiger partial charge in [-0.25, -0.2) is 9.97 Å². The van der Waals surface area contributed by atoms with Crippen LogP contribution in [0.1, 0.15) is 5.56 Å². The molecule has 0 unspecified atom stereocenters. The topological polar surface area (TPSA) is 51.9 Å². The largest absolute Gasteiger partial charge is 0.382 e. The number of hydrogen-bond donors (Lipinski definition) is 1. The molecule has 0 aliphatic carbocycles. The van der Waals surface area contributed by atoms with Gasteiger partial charge in [0, 0.05) is 5.69 Å². The van der Waals surface area contributed by atoms with Gasteiger partial charge in [-0.15, -0.1) is 0 Å². The van der Waals surface area contributed by atoms with Gasteiger partial charge in [0.05, 0.1) is 16.6 Å². The molecule has 0 amide bonds. The Hall–Kier alpha value is -2.16. The monoisotopic (exact) mass is 301 g/mol. The van der Waals surface area contributed by atoms with Crippen LogP contribution in [0.5, 0.6) is 0 Å². The molecule has 0 atom stereocenters. The maximum absolute atomic E-state index is 6.12. The van der Waals surface area contributed by atoms with E-state index in [4.69, 9.17) is 11.6 Å². The Morgan fingerprint density at radius 3 is 2.95 bits per heavy atom. The summed E-state index contributed by atoms with van der Waals surface area (Å²) in [5.41, 5.74) is 6.18. The van der Waals surface area contributed by atoms with Crippen molar-refractivity contribution in [3.8, 4) is 11.4 Å². The third kappa shape index (κ3) is 2.57. The molecule has 0 saturated carbocycles. The Kier molecular flexibility index (Phi) is 3.50. The summed E-state index contributed by atoms with van der Waals surface area (Å²) in [6.07, 6.45) is 1.57. The normalized spacial score (nSPS) is 10.1. The van der Waals surface area contributed by atoms with E-state index in [0.29, 0.717) is 22.4 Å². The second kappa shape index (κ2) is 5.45. The van der Waals surface area contributed by atoms with E-state index in [2.05, 4.69) is 25.8 Å². The van der Waals surface area contributed by atoms with Crippen LogP contribution in [0.25, 0.3) is 11.4 Å². The van der Waals surface area contributed by atoms with Gasteiger partial charge in [-0.3, -0.25) is 0 Å². The Morgan fingerprint density at radius 1 is 1.35 bits per heavy atom. The van der Waals surface area contributed by atoms with Gasteiger partial charge in [0.2, 0.25) is 5.95 Å². The highest BCUT2D eigenvalue weighted by Gasteiger charge is 2.18. The second-order valence-electron chi connectivity index (χ2n) is 4.15. The van der Waals surface area contributed by atoms with E-state index in [1.54, 1.807) is 6.20 Å². The van der Waals surface area contributed by atoms with Crippen LogP contribution >= 0.6 is 22.9 Å². The molecule has 0 saturated heterocycles. The zero-order valence-corrected chi connectivity index (χ0v) is 12.2. The van der Waals surface area contributed by atoms with Crippen LogP contribution in [0.4, 0.5) is 11.6 Å². The van der Waals surface area contributed by atoms with Crippen LogP contribution in [0.15, 0.2) is 35.8 Å². The minimum absolute atomic E-state index is 0.472. The predicted molar refractivity (Wildman–Crippen MR) is 79.2 cm³/mol. The first-order valence-corrected chi connectivity index (χ1v) is 7.17. The Bertz CT molecular complexity index is 728. The van der Waals surface area contributed by atoms with Crippen LogP contribution in [-0.4, -0.2) is 9.97 Å². The van der Waals surface area contributed by atoms with Gasteiger partial charge in [-0.1, -0.05) is 29.8 Å². The molecule has 3 aromatic rings. The number of anilines is 2. The van der Waals surface area contributed by atoms with Gasteiger partial charge in [0.1, 0.15) is 0 Å². The van der Waals surface area contributed by atoms with Crippen molar-refractivity contribution in [2.75, 3.05) is 5.32 Å². The van der Waals surface area contributed by atoms with Gasteiger partial charge < -0.3 is 5.32 Å². The predicted octanol–water partition coefficient (Wildman–Crippen LogP) is 3.31. The van der Waals surface area contributed by atoms with Crippen LogP contribution in [0.3, 0.4) is 0 Å². The van der Waals surface area contributed by atoms with Gasteiger partial charge in [-0.05, 0) is 34.9 Å². The Labute approximate surface area is 125 Å². The van der Waals surface area contributed by atoms with E-state index in [1.807, 2.05) is 36.6 Å². The maximum Gasteiger partial charge on any atom is 0.382 e. The lowest BCUT2D eigenvalue weighted by Crippen LogP contribution is -2.02. The molecule has 3 rings (SSSR count). The molecule has 1 aromatic carbocycles. The van der Waals surface area contributed by atoms with Gasteiger partial charge in [0.15, 0.2) is 5.69 Å². The first-order valence-electron chi connectivity index (χ1n) is 5.91. The minimum Gasteiger partial charge on any atom is -0.324 e. The molecule has 2 heterocycles. The van der Waals surface area contributed by atoms with E-state index in [-0.39, 0.29) is 0 Å². The fourth-order valence-corrected chi connectivity index (χ4v) is 2.40. The molecule has 0 aliphatic heterocycles. The second-order valence-corrected chi connectivity index (χ2v) is 5.22. The smallest absolute Gasteiger partial charge is 0.324 e. The van der Waals surface area contributed by atoms with Crippen molar-refractivity contribution in [1.82, 2.24) is 9.97 Å². The van der Waals surface area contributed by atoms with E-state index in [0.717, 1.165) is 11.3 Å². The highest BCUT2D eigenvalue weighted by Crippen LogP contribution is 2.25. The van der Waals surface area contributed by atoms with Crippen LogP contribution in [0.2, 0.25) is 5.02 Å². The van der Waals surface area contributed by atoms with E-state index in [9.17, 15) is 0 Å². The third-order valence-corrected chi connectivity index (χ3v) is 3.58. The van der Waals surface area contributed by atoms with Crippen LogP contribution in [-0.2, 0) is 0 Å². The summed E-state index contributed by atoms with van der Waals surface area (Å²) in [5, 5.41) is 5.51. The summed E-state index contributed by atoms with van der Waals surface area (Å²) < 4.78 is 0. The van der Waals surface area contributed by atoms with Crippen molar-refractivity contribution in [2.45, 2.75) is 6.92 Å². The molecule has 4 nitrogen and oxygen atoms in total. The molecule has 2 aromatic heterocycles. The molecule has 0 fully saturated rings. The number of nitrogens with zero attached hydrogens (tertiary/aromatic N) is 3. The summed E-state index contributed by atoms with van der Waals surface area (Å²) in [6.45, 7) is 2.02. The fourth-order valence-electron chi connectivity index (χ4n) is 1.73. The number of rotatable bonds is 3. The van der Waals surface area contributed by atoms with Crippen LogP contribution < -0.4 is 10.3 Å². The van der Waals surface area contributed by atoms with E-state index >= 15 is 0 Å². The molecule has 98 valence electrons. The maximum atomic E-state index is 6.12. The van der Waals surface area contributed by atoms with Crippen LogP contribution in [0, 0.1) is 12.4 Å². The first kappa shape index (κ1) is 12.9. The number of aryl methyl sites for hydroxylation is 1. The molecule has 20 heavy (non-hydrogen) atoms. The fraction of sp³-hybridized carbons (Fsp3) is 0.0714. The van der Waals surface area contributed by atoms with E-state index in [1.165, 1.54) is 11.3 Å². The lowest BCUT2D eigenvalue weighted by molar-refractivity contribution is -0.275. The van der Waals surface area contributed by atoms with Crippen molar-refractivity contribution in [3.63, 3.8) is 0 Å². The zero-order chi connectivity index (χ0) is 13.9. The zero-order valence-electron chi connectivity index (χ0n) is 10.6. The summed E-state index contributed by atoms with van der Waals surface area (Å²) in [4.78, 5) is 12.7. The number of benzene rings is 1. The lowest BCUT2D eigenvalue weighted by atomic mass is 10.2. The van der Waals surface area contributed by atoms with Gasteiger partial charge >= 0.3 is 11.2 Å². The van der Waals surface area contributed by atoms with Crippen molar-refractivity contribution < 1.29 is 4.98 Å². The molecule has 0 radical (unpaired) electrons. The Morgan fingerprint density at radius 2 is 2.20 bits per heavy atom. The van der Waals surface area contributed by atoms with Crippen molar-refractivity contribution in [1.29, 1.82) is 0 Å². The van der Waals surface area contributed by atoms with Crippen molar-refractivity contribution in [3.05, 3.63) is 51.9 Å². The number of hydrogen-bond acceptors (Lipinski definition) is 4. The molecule has 0 bridgehead atoms. The first-order chi connectivity index (χ1) is 9.74. The molecular formula is C14H10ClN4S+. The molecule has 1 N–H and O–H groups in total. The number of para-hydroxylation sites is 1. The Balaban J connectivity index is 1.96. The lowest BCUT2D eigenvalue weighted by Gasteiger charge is -2.07. The summed E-state index contributed by atoms with van der Waals surface area (Å²) in [6, 6.07) is 7.94. The molecule has 0 aliphatic rings.